The summed E-state index contributed by atoms with van der Waals surface area (Å²) in [5, 5.41) is 1.25. The Labute approximate surface area is 304 Å². The van der Waals surface area contributed by atoms with Gasteiger partial charge in [-0.05, 0) is 75.7 Å². The number of benzene rings is 3. The molecule has 3 heterocycles. The summed E-state index contributed by atoms with van der Waals surface area (Å²) < 4.78 is 118. The van der Waals surface area contributed by atoms with Crippen molar-refractivity contribution in [2.24, 2.45) is 0 Å². The van der Waals surface area contributed by atoms with E-state index >= 15 is 0 Å². The van der Waals surface area contributed by atoms with Gasteiger partial charge in [0.05, 0.1) is 45.7 Å². The van der Waals surface area contributed by atoms with Crippen molar-refractivity contribution in [1.82, 2.24) is 20.1 Å². The number of ether oxygens (including phenoxy) is 1. The molecule has 15 heteroatoms. The summed E-state index contributed by atoms with van der Waals surface area (Å²) in [7, 11) is -3.93. The molecular formula is C38H40F6N4O4S. The van der Waals surface area contributed by atoms with E-state index in [0.717, 1.165) is 38.1 Å². The first-order chi connectivity index (χ1) is 25.0. The molecule has 2 aliphatic heterocycles. The molecule has 0 saturated carbocycles. The average molecular weight is 763 g/mol. The van der Waals surface area contributed by atoms with Gasteiger partial charge in [0.1, 0.15) is 0 Å². The Balaban J connectivity index is 1.54. The molecule has 2 saturated heterocycles. The highest BCUT2D eigenvalue weighted by Crippen LogP contribution is 2.38. The van der Waals surface area contributed by atoms with E-state index in [2.05, 4.69) is 10.2 Å². The molecule has 0 spiro atoms. The third kappa shape index (κ3) is 8.53. The first-order valence-corrected chi connectivity index (χ1v) is 18.9. The van der Waals surface area contributed by atoms with E-state index < -0.39 is 45.0 Å². The van der Waals surface area contributed by atoms with Gasteiger partial charge in [-0.15, -0.1) is 0 Å². The molecule has 2 fully saturated rings. The smallest absolute Gasteiger partial charge is 0.379 e. The predicted molar refractivity (Wildman–Crippen MR) is 188 cm³/mol. The first-order valence-electron chi connectivity index (χ1n) is 17.4. The number of piperidine rings is 1. The molecule has 8 nitrogen and oxygen atoms in total. The summed E-state index contributed by atoms with van der Waals surface area (Å²) in [6.45, 7) is 6.77. The number of nitrogens with zero attached hydrogens (tertiary/aromatic N) is 3. The van der Waals surface area contributed by atoms with Gasteiger partial charge in [0.25, 0.3) is 5.91 Å². The largest absolute Gasteiger partial charge is 0.416 e. The number of pyridine rings is 1. The number of nitrogens with one attached hydrogen (secondary N) is 1. The maximum Gasteiger partial charge on any atom is 0.416 e. The third-order valence-corrected chi connectivity index (χ3v) is 12.1. The van der Waals surface area contributed by atoms with Crippen LogP contribution in [0.15, 0.2) is 77.7 Å². The number of sulfone groups is 1. The van der Waals surface area contributed by atoms with Gasteiger partial charge in [-0.25, -0.2) is 13.4 Å². The van der Waals surface area contributed by atoms with Crippen LogP contribution in [0.1, 0.15) is 59.8 Å². The minimum Gasteiger partial charge on any atom is -0.379 e. The number of carbonyl (C=O) groups is 1. The van der Waals surface area contributed by atoms with E-state index in [1.165, 1.54) is 74.5 Å². The number of alkyl halides is 6. The fraction of sp³-hybridized carbons (Fsp3) is 0.421. The molecule has 2 aliphatic rings. The van der Waals surface area contributed by atoms with Gasteiger partial charge in [-0.2, -0.15) is 26.3 Å². The van der Waals surface area contributed by atoms with E-state index in [-0.39, 0.29) is 56.3 Å². The minimum atomic E-state index is -4.93. The van der Waals surface area contributed by atoms with Crippen molar-refractivity contribution in [3.05, 3.63) is 95.1 Å². The van der Waals surface area contributed by atoms with Gasteiger partial charge >= 0.3 is 12.4 Å². The number of likely N-dealkylation sites (tertiary alicyclic amines) is 1. The van der Waals surface area contributed by atoms with E-state index in [0.29, 0.717) is 26.3 Å². The second-order valence-electron chi connectivity index (χ2n) is 13.7. The Morgan fingerprint density at radius 1 is 0.906 bits per heavy atom. The summed E-state index contributed by atoms with van der Waals surface area (Å²) in [4.78, 5) is 23.4. The summed E-state index contributed by atoms with van der Waals surface area (Å²) >= 11 is 0. The van der Waals surface area contributed by atoms with Gasteiger partial charge in [-0.1, -0.05) is 42.5 Å². The molecule has 0 aliphatic carbocycles. The molecule has 1 amide bonds. The Morgan fingerprint density at radius 3 is 2.21 bits per heavy atom. The van der Waals surface area contributed by atoms with Gasteiger partial charge in [0.15, 0.2) is 15.9 Å². The summed E-state index contributed by atoms with van der Waals surface area (Å²) in [6.07, 6.45) is -8.17. The minimum absolute atomic E-state index is 0.00304. The molecule has 53 heavy (non-hydrogen) atoms. The molecule has 1 aromatic heterocycles. The molecule has 1 N–H and O–H groups in total. The number of hydrogen-bond acceptors (Lipinski definition) is 7. The van der Waals surface area contributed by atoms with Crippen LogP contribution >= 0.6 is 0 Å². The topological polar surface area (TPSA) is 91.8 Å². The number of halogens is 6. The maximum absolute atomic E-state index is 14.6. The highest BCUT2D eigenvalue weighted by Gasteiger charge is 2.43. The van der Waals surface area contributed by atoms with Crippen LogP contribution in [0.4, 0.5) is 26.3 Å². The summed E-state index contributed by atoms with van der Waals surface area (Å²) in [6, 6.07) is 12.8. The van der Waals surface area contributed by atoms with Crippen LogP contribution in [-0.4, -0.2) is 86.0 Å². The van der Waals surface area contributed by atoms with E-state index in [1.807, 2.05) is 4.90 Å². The lowest BCUT2D eigenvalue weighted by Crippen LogP contribution is -2.48. The Bertz CT molecular complexity index is 2040. The van der Waals surface area contributed by atoms with Gasteiger partial charge < -0.3 is 10.1 Å². The zero-order valence-electron chi connectivity index (χ0n) is 29.2. The molecular weight excluding hydrogens is 722 g/mol. The van der Waals surface area contributed by atoms with Gasteiger partial charge in [0, 0.05) is 42.2 Å². The van der Waals surface area contributed by atoms with Crippen LogP contribution in [0.5, 0.6) is 0 Å². The number of morpholine rings is 1. The SMILES string of the molecule is CC(C)S(=O)(=O)c1ccc2nc(-c3cccc(C(F)(F)F)c3)c(CN3CCC(N4CCOCC4)CC3)c(C(=O)N[C@@H](c3ccccc3)C(F)(F)F)c2c1. The zero-order valence-corrected chi connectivity index (χ0v) is 30.0. The fourth-order valence-electron chi connectivity index (χ4n) is 7.04. The maximum atomic E-state index is 14.6. The average Bonchev–Trinajstić information content (AvgIpc) is 3.13. The Kier molecular flexibility index (Phi) is 11.2. The summed E-state index contributed by atoms with van der Waals surface area (Å²) in [5.41, 5.74) is -1.39. The fourth-order valence-corrected chi connectivity index (χ4v) is 8.12. The number of hydrogen-bond donors (Lipinski definition) is 1. The van der Waals surface area contributed by atoms with Crippen LogP contribution in [0.25, 0.3) is 22.2 Å². The van der Waals surface area contributed by atoms with Crippen molar-refractivity contribution in [3.8, 4) is 11.3 Å². The first kappa shape index (κ1) is 38.7. The standard InChI is InChI=1S/C38H40F6N4O4S/c1-24(2)53(50,51)29-11-12-32-30(22-29)33(36(49)46-35(38(42,43)44)25-7-4-3-5-8-25)31(34(45-32)26-9-6-10-27(21-26)37(39,40)41)23-47-15-13-28(14-16-47)48-17-19-52-20-18-48/h3-12,21-22,24,28,35H,13-20,23H2,1-2H3,(H,46,49)/t35-/m0/s1. The molecule has 0 unspecified atom stereocenters. The van der Waals surface area contributed by atoms with Crippen LogP contribution in [0.3, 0.4) is 0 Å². The lowest BCUT2D eigenvalue weighted by molar-refractivity contribution is -0.155. The Morgan fingerprint density at radius 2 is 1.58 bits per heavy atom. The second kappa shape index (κ2) is 15.4. The highest BCUT2D eigenvalue weighted by molar-refractivity contribution is 7.92. The number of rotatable bonds is 9. The molecule has 6 rings (SSSR count). The van der Waals surface area contributed by atoms with E-state index in [4.69, 9.17) is 9.72 Å². The number of aromatic nitrogens is 1. The van der Waals surface area contributed by atoms with Crippen molar-refractivity contribution >= 4 is 26.6 Å². The molecule has 0 radical (unpaired) electrons. The van der Waals surface area contributed by atoms with Crippen molar-refractivity contribution in [2.45, 2.75) is 67.8 Å². The summed E-state index contributed by atoms with van der Waals surface area (Å²) in [5.74, 6) is -1.17. The zero-order chi connectivity index (χ0) is 38.1. The number of fused-ring (bicyclic) bond motifs is 1. The normalized spacial score (nSPS) is 17.7. The lowest BCUT2D eigenvalue weighted by atomic mass is 9.93. The molecule has 3 aromatic carbocycles. The number of amides is 1. The van der Waals surface area contributed by atoms with Crippen molar-refractivity contribution < 1.29 is 44.3 Å². The molecule has 0 bridgehead atoms. The molecule has 284 valence electrons. The quantitative estimate of drug-likeness (QED) is 0.178. The van der Waals surface area contributed by atoms with Crippen molar-refractivity contribution in [2.75, 3.05) is 39.4 Å². The molecule has 1 atom stereocenters. The van der Waals surface area contributed by atoms with E-state index in [1.54, 1.807) is 0 Å². The van der Waals surface area contributed by atoms with Crippen molar-refractivity contribution in [1.29, 1.82) is 0 Å². The highest BCUT2D eigenvalue weighted by atomic mass is 32.2. The Hall–Kier alpha value is -4.05. The monoisotopic (exact) mass is 762 g/mol. The van der Waals surface area contributed by atoms with Gasteiger partial charge in [-0.3, -0.25) is 14.6 Å². The van der Waals surface area contributed by atoms with Crippen LogP contribution < -0.4 is 5.32 Å². The third-order valence-electron chi connectivity index (χ3n) is 9.93. The second-order valence-corrected chi connectivity index (χ2v) is 16.2. The number of carbonyl (C=O) groups excluding carboxylic acids is 1. The van der Waals surface area contributed by atoms with Crippen LogP contribution in [0.2, 0.25) is 0 Å². The van der Waals surface area contributed by atoms with Crippen LogP contribution in [0, 0.1) is 0 Å². The lowest BCUT2D eigenvalue weighted by Gasteiger charge is -2.40. The predicted octanol–water partition coefficient (Wildman–Crippen LogP) is 7.43. The van der Waals surface area contributed by atoms with Gasteiger partial charge in [0.2, 0.25) is 0 Å². The van der Waals surface area contributed by atoms with E-state index in [9.17, 15) is 39.6 Å². The molecule has 4 aromatic rings. The van der Waals surface area contributed by atoms with Crippen LogP contribution in [-0.2, 0) is 27.3 Å². The van der Waals surface area contributed by atoms with Crippen molar-refractivity contribution in [3.63, 3.8) is 0 Å².